The van der Waals surface area contributed by atoms with E-state index in [0.29, 0.717) is 17.9 Å². The molecule has 0 aliphatic carbocycles. The van der Waals surface area contributed by atoms with E-state index < -0.39 is 0 Å². The van der Waals surface area contributed by atoms with Crippen molar-refractivity contribution in [2.24, 2.45) is 17.3 Å². The van der Waals surface area contributed by atoms with E-state index in [1.807, 2.05) is 6.20 Å². The Labute approximate surface area is 172 Å². The number of hydrogen-bond donors (Lipinski definition) is 1. The summed E-state index contributed by atoms with van der Waals surface area (Å²) in [7, 11) is 0. The molecule has 0 saturated carbocycles. The molecule has 1 heterocycles. The third-order valence-corrected chi connectivity index (χ3v) is 6.48. The van der Waals surface area contributed by atoms with Crippen molar-refractivity contribution in [3.8, 4) is 0 Å². The van der Waals surface area contributed by atoms with Gasteiger partial charge < -0.3 is 5.32 Å². The van der Waals surface area contributed by atoms with Crippen LogP contribution in [-0.4, -0.2) is 11.0 Å². The van der Waals surface area contributed by atoms with Crippen LogP contribution >= 0.6 is 0 Å². The van der Waals surface area contributed by atoms with Gasteiger partial charge in [0.1, 0.15) is 0 Å². The first-order chi connectivity index (χ1) is 13.3. The number of fused-ring (bicyclic) bond motifs is 1. The molecule has 2 heteroatoms. The van der Waals surface area contributed by atoms with Crippen LogP contribution in [0, 0.1) is 17.3 Å². The van der Waals surface area contributed by atoms with Gasteiger partial charge in [-0.15, -0.1) is 0 Å². The van der Waals surface area contributed by atoms with Crippen molar-refractivity contribution in [3.05, 3.63) is 61.1 Å². The molecule has 0 spiro atoms. The van der Waals surface area contributed by atoms with Crippen molar-refractivity contribution >= 4 is 16.3 Å². The third-order valence-electron chi connectivity index (χ3n) is 6.48. The van der Waals surface area contributed by atoms with Gasteiger partial charge in [0.15, 0.2) is 0 Å². The van der Waals surface area contributed by atoms with Crippen molar-refractivity contribution in [3.63, 3.8) is 0 Å². The maximum Gasteiger partial charge on any atom is 0.0734 e. The van der Waals surface area contributed by atoms with E-state index in [2.05, 4.69) is 90.3 Å². The maximum atomic E-state index is 4.70. The summed E-state index contributed by atoms with van der Waals surface area (Å²) in [6, 6.07) is 10.9. The largest absolute Gasteiger partial charge is 0.385 e. The molecule has 28 heavy (non-hydrogen) atoms. The Morgan fingerprint density at radius 2 is 1.75 bits per heavy atom. The molecule has 1 N–H and O–H groups in total. The van der Waals surface area contributed by atoms with E-state index in [-0.39, 0.29) is 5.41 Å². The monoisotopic (exact) mass is 378 g/mol. The van der Waals surface area contributed by atoms with Crippen LogP contribution in [0.4, 0.5) is 0 Å². The van der Waals surface area contributed by atoms with Crippen LogP contribution in [-0.2, 0) is 0 Å². The molecule has 2 unspecified atom stereocenters. The summed E-state index contributed by atoms with van der Waals surface area (Å²) in [5.41, 5.74) is 3.21. The number of hydrogen-bond acceptors (Lipinski definition) is 2. The standard InChI is InChI=1S/C26H38N2/c1-9-24(18(3)4)28-21(8)26(10-2,19(5)6)17-20(7)25-23-14-12-11-13-22(23)15-16-27-25/h11-16,18-19,24,28H,7-10,17H2,1-6H3. The van der Waals surface area contributed by atoms with Crippen molar-refractivity contribution in [1.29, 1.82) is 0 Å². The number of rotatable bonds is 10. The van der Waals surface area contributed by atoms with Gasteiger partial charge in [0.05, 0.1) is 5.69 Å². The highest BCUT2D eigenvalue weighted by atomic mass is 14.9. The second-order valence-electron chi connectivity index (χ2n) is 8.71. The van der Waals surface area contributed by atoms with E-state index >= 15 is 0 Å². The zero-order chi connectivity index (χ0) is 20.9. The lowest BCUT2D eigenvalue weighted by molar-refractivity contribution is 0.215. The highest BCUT2D eigenvalue weighted by molar-refractivity contribution is 5.91. The first kappa shape index (κ1) is 22.2. The molecule has 0 amide bonds. The fourth-order valence-corrected chi connectivity index (χ4v) is 4.38. The summed E-state index contributed by atoms with van der Waals surface area (Å²) in [6.45, 7) is 22.7. The van der Waals surface area contributed by atoms with Gasteiger partial charge in [0, 0.05) is 28.7 Å². The fraction of sp³-hybridized carbons (Fsp3) is 0.500. The summed E-state index contributed by atoms with van der Waals surface area (Å²) in [6.07, 6.45) is 4.88. The minimum Gasteiger partial charge on any atom is -0.385 e. The van der Waals surface area contributed by atoms with Crippen LogP contribution in [0.3, 0.4) is 0 Å². The average Bonchev–Trinajstić information content (AvgIpc) is 2.68. The molecule has 0 saturated heterocycles. The van der Waals surface area contributed by atoms with Gasteiger partial charge in [-0.1, -0.05) is 79.0 Å². The lowest BCUT2D eigenvalue weighted by Crippen LogP contribution is -2.41. The molecule has 1 aromatic heterocycles. The number of benzene rings is 1. The first-order valence-corrected chi connectivity index (χ1v) is 10.7. The minimum absolute atomic E-state index is 0.0436. The van der Waals surface area contributed by atoms with E-state index in [0.717, 1.165) is 36.2 Å². The maximum absolute atomic E-state index is 4.70. The lowest BCUT2D eigenvalue weighted by Gasteiger charge is -2.42. The fourth-order valence-electron chi connectivity index (χ4n) is 4.38. The summed E-state index contributed by atoms with van der Waals surface area (Å²) in [5, 5.41) is 6.17. The molecule has 2 atom stereocenters. The third kappa shape index (κ3) is 4.48. The Morgan fingerprint density at radius 1 is 1.07 bits per heavy atom. The lowest BCUT2D eigenvalue weighted by atomic mass is 9.68. The Hall–Kier alpha value is -2.09. The summed E-state index contributed by atoms with van der Waals surface area (Å²) < 4.78 is 0. The molecule has 152 valence electrons. The molecule has 0 aliphatic heterocycles. The quantitative estimate of drug-likeness (QED) is 0.472. The van der Waals surface area contributed by atoms with Gasteiger partial charge in [-0.25, -0.2) is 0 Å². The van der Waals surface area contributed by atoms with Crippen molar-refractivity contribution in [2.45, 2.75) is 66.8 Å². The zero-order valence-corrected chi connectivity index (χ0v) is 18.7. The van der Waals surface area contributed by atoms with E-state index in [4.69, 9.17) is 4.98 Å². The van der Waals surface area contributed by atoms with Crippen LogP contribution in [0.25, 0.3) is 16.3 Å². The molecule has 0 fully saturated rings. The first-order valence-electron chi connectivity index (χ1n) is 10.7. The molecule has 0 bridgehead atoms. The van der Waals surface area contributed by atoms with Crippen LogP contribution in [0.2, 0.25) is 0 Å². The van der Waals surface area contributed by atoms with Crippen LogP contribution in [0.15, 0.2) is 55.4 Å². The predicted molar refractivity (Wildman–Crippen MR) is 124 cm³/mol. The van der Waals surface area contributed by atoms with Gasteiger partial charge in [-0.05, 0) is 48.1 Å². The van der Waals surface area contributed by atoms with Gasteiger partial charge in [-0.3, -0.25) is 4.98 Å². The van der Waals surface area contributed by atoms with Crippen LogP contribution in [0.5, 0.6) is 0 Å². The molecule has 2 rings (SSSR count). The van der Waals surface area contributed by atoms with Crippen molar-refractivity contribution in [2.75, 3.05) is 0 Å². The molecule has 0 radical (unpaired) electrons. The predicted octanol–water partition coefficient (Wildman–Crippen LogP) is 7.23. The van der Waals surface area contributed by atoms with Gasteiger partial charge >= 0.3 is 0 Å². The molecular formula is C26H38N2. The zero-order valence-electron chi connectivity index (χ0n) is 18.7. The Morgan fingerprint density at radius 3 is 2.32 bits per heavy atom. The topological polar surface area (TPSA) is 24.9 Å². The molecule has 2 aromatic rings. The molecule has 2 nitrogen and oxygen atoms in total. The Bertz CT molecular complexity index is 813. The van der Waals surface area contributed by atoms with Gasteiger partial charge in [-0.2, -0.15) is 0 Å². The highest BCUT2D eigenvalue weighted by Gasteiger charge is 2.37. The van der Waals surface area contributed by atoms with Crippen molar-refractivity contribution < 1.29 is 0 Å². The van der Waals surface area contributed by atoms with Crippen LogP contribution < -0.4 is 5.32 Å². The van der Waals surface area contributed by atoms with E-state index in [1.165, 1.54) is 10.8 Å². The number of pyridine rings is 1. The van der Waals surface area contributed by atoms with Gasteiger partial charge in [0.2, 0.25) is 0 Å². The van der Waals surface area contributed by atoms with E-state index in [9.17, 15) is 0 Å². The molecular weight excluding hydrogens is 340 g/mol. The second-order valence-corrected chi connectivity index (χ2v) is 8.71. The number of nitrogens with one attached hydrogen (secondary N) is 1. The summed E-state index contributed by atoms with van der Waals surface area (Å²) >= 11 is 0. The molecule has 1 aromatic carbocycles. The normalized spacial score (nSPS) is 14.9. The smallest absolute Gasteiger partial charge is 0.0734 e. The van der Waals surface area contributed by atoms with Crippen molar-refractivity contribution in [1.82, 2.24) is 10.3 Å². The summed E-state index contributed by atoms with van der Waals surface area (Å²) in [4.78, 5) is 4.70. The highest BCUT2D eigenvalue weighted by Crippen LogP contribution is 2.45. The van der Waals surface area contributed by atoms with Crippen LogP contribution in [0.1, 0.15) is 66.5 Å². The Balaban J connectivity index is 2.38. The summed E-state index contributed by atoms with van der Waals surface area (Å²) in [5.74, 6) is 1.03. The van der Waals surface area contributed by atoms with E-state index in [1.54, 1.807) is 0 Å². The average molecular weight is 379 g/mol. The second kappa shape index (κ2) is 9.41. The number of aromatic nitrogens is 1. The van der Waals surface area contributed by atoms with Gasteiger partial charge in [0.25, 0.3) is 0 Å². The number of allylic oxidation sites excluding steroid dienone is 2. The number of nitrogens with zero attached hydrogens (tertiary/aromatic N) is 1. The minimum atomic E-state index is -0.0436. The SMILES string of the molecule is C=C(CC(CC)(C(=C)NC(CC)C(C)C)C(C)C)c1nccc2ccccc12. The Kier molecular flexibility index (Phi) is 7.46. The molecule has 0 aliphatic rings.